The third-order valence-corrected chi connectivity index (χ3v) is 5.53. The summed E-state index contributed by atoms with van der Waals surface area (Å²) in [5.74, 6) is 2.69. The molecule has 2 aliphatic heterocycles. The molecule has 0 amide bonds. The number of hydrogen-bond donors (Lipinski definition) is 0. The van der Waals surface area contributed by atoms with Crippen molar-refractivity contribution in [3.63, 3.8) is 0 Å². The first kappa shape index (κ1) is 18.3. The lowest BCUT2D eigenvalue weighted by molar-refractivity contribution is 0.0778. The van der Waals surface area contributed by atoms with Crippen molar-refractivity contribution in [1.82, 2.24) is 25.0 Å². The van der Waals surface area contributed by atoms with Crippen LogP contribution in [0, 0.1) is 6.92 Å². The fourth-order valence-corrected chi connectivity index (χ4v) is 3.86. The predicted octanol–water partition coefficient (Wildman–Crippen LogP) is 2.16. The molecule has 0 bridgehead atoms. The highest BCUT2D eigenvalue weighted by Gasteiger charge is 2.27. The van der Waals surface area contributed by atoms with Crippen LogP contribution in [0.5, 0.6) is 0 Å². The summed E-state index contributed by atoms with van der Waals surface area (Å²) in [6.07, 6.45) is 7.96. The van der Waals surface area contributed by atoms with Gasteiger partial charge in [-0.25, -0.2) is 9.97 Å². The fraction of sp³-hybridized carbons (Fsp3) is 0.684. The summed E-state index contributed by atoms with van der Waals surface area (Å²) in [7, 11) is 2.08. The Bertz CT molecular complexity index is 728. The van der Waals surface area contributed by atoms with Gasteiger partial charge in [0.05, 0.1) is 6.54 Å². The van der Waals surface area contributed by atoms with Crippen LogP contribution in [0.2, 0.25) is 0 Å². The molecule has 0 aromatic carbocycles. The van der Waals surface area contributed by atoms with E-state index < -0.39 is 0 Å². The van der Waals surface area contributed by atoms with E-state index in [9.17, 15) is 0 Å². The number of rotatable bonds is 5. The van der Waals surface area contributed by atoms with Gasteiger partial charge in [-0.3, -0.25) is 4.90 Å². The van der Waals surface area contributed by atoms with Gasteiger partial charge in [0.25, 0.3) is 0 Å². The molecule has 2 aromatic rings. The van der Waals surface area contributed by atoms with Crippen molar-refractivity contribution in [1.29, 1.82) is 0 Å². The van der Waals surface area contributed by atoms with E-state index in [0.29, 0.717) is 12.0 Å². The number of likely N-dealkylation sites (tertiary alicyclic amines) is 1. The molecule has 2 saturated heterocycles. The second-order valence-corrected chi connectivity index (χ2v) is 7.64. The smallest absolute Gasteiger partial charge is 0.229 e. The largest absolute Gasteiger partial charge is 0.381 e. The van der Waals surface area contributed by atoms with Crippen LogP contribution in [0.4, 0.5) is 5.95 Å². The molecule has 2 fully saturated rings. The number of aromatic nitrogens is 4. The van der Waals surface area contributed by atoms with Gasteiger partial charge in [-0.05, 0) is 44.7 Å². The monoisotopic (exact) mass is 372 g/mol. The Balaban J connectivity index is 1.35. The van der Waals surface area contributed by atoms with Crippen LogP contribution in [0.1, 0.15) is 48.9 Å². The van der Waals surface area contributed by atoms with Gasteiger partial charge in [0, 0.05) is 51.2 Å². The Hall–Kier alpha value is -2.06. The molecule has 146 valence electrons. The standard InChI is InChI=1S/C19H28N6O2/c1-14-10-20-19(21-11-14)24(2)16-4-3-7-25(12-16)13-17-22-18(27-23-17)15-5-8-26-9-6-15/h10-11,15-16H,3-9,12-13H2,1-2H3. The van der Waals surface area contributed by atoms with Crippen molar-refractivity contribution in [2.75, 3.05) is 38.3 Å². The van der Waals surface area contributed by atoms with Crippen LogP contribution < -0.4 is 4.90 Å². The molecule has 0 radical (unpaired) electrons. The van der Waals surface area contributed by atoms with Crippen molar-refractivity contribution in [3.05, 3.63) is 29.7 Å². The summed E-state index contributed by atoms with van der Waals surface area (Å²) in [6, 6.07) is 0.392. The molecule has 0 spiro atoms. The first-order valence-electron chi connectivity index (χ1n) is 9.83. The van der Waals surface area contributed by atoms with Crippen LogP contribution in [-0.2, 0) is 11.3 Å². The summed E-state index contributed by atoms with van der Waals surface area (Å²) < 4.78 is 10.9. The maximum absolute atomic E-state index is 5.53. The Labute approximate surface area is 159 Å². The maximum atomic E-state index is 5.53. The van der Waals surface area contributed by atoms with Crippen molar-refractivity contribution in [3.8, 4) is 0 Å². The molecule has 1 atom stereocenters. The average molecular weight is 372 g/mol. The van der Waals surface area contributed by atoms with Crippen molar-refractivity contribution in [2.24, 2.45) is 0 Å². The minimum Gasteiger partial charge on any atom is -0.381 e. The van der Waals surface area contributed by atoms with Gasteiger partial charge < -0.3 is 14.2 Å². The number of likely N-dealkylation sites (N-methyl/N-ethyl adjacent to an activating group) is 1. The van der Waals surface area contributed by atoms with E-state index in [1.165, 1.54) is 0 Å². The molecule has 27 heavy (non-hydrogen) atoms. The lowest BCUT2D eigenvalue weighted by atomic mass is 10.0. The van der Waals surface area contributed by atoms with Crippen LogP contribution in [0.25, 0.3) is 0 Å². The van der Waals surface area contributed by atoms with Crippen LogP contribution >= 0.6 is 0 Å². The molecule has 8 heteroatoms. The highest BCUT2D eigenvalue weighted by Crippen LogP contribution is 2.26. The molecule has 0 N–H and O–H groups in total. The minimum atomic E-state index is 0.346. The molecule has 4 heterocycles. The van der Waals surface area contributed by atoms with Gasteiger partial charge in [0.2, 0.25) is 11.8 Å². The molecule has 4 rings (SSSR count). The Kier molecular flexibility index (Phi) is 5.63. The molecular formula is C19H28N6O2. The van der Waals surface area contributed by atoms with E-state index in [-0.39, 0.29) is 0 Å². The number of nitrogens with zero attached hydrogens (tertiary/aromatic N) is 6. The Morgan fingerprint density at radius 3 is 2.74 bits per heavy atom. The van der Waals surface area contributed by atoms with E-state index in [4.69, 9.17) is 9.26 Å². The Morgan fingerprint density at radius 2 is 1.96 bits per heavy atom. The quantitative estimate of drug-likeness (QED) is 0.790. The van der Waals surface area contributed by atoms with Gasteiger partial charge >= 0.3 is 0 Å². The van der Waals surface area contributed by atoms with E-state index in [0.717, 1.165) is 81.8 Å². The SMILES string of the molecule is Cc1cnc(N(C)C2CCCN(Cc3noc(C4CCOCC4)n3)C2)nc1. The lowest BCUT2D eigenvalue weighted by Gasteiger charge is -2.37. The number of anilines is 1. The van der Waals surface area contributed by atoms with Crippen LogP contribution in [0.15, 0.2) is 16.9 Å². The maximum Gasteiger partial charge on any atom is 0.229 e. The molecule has 2 aromatic heterocycles. The van der Waals surface area contributed by atoms with Gasteiger partial charge in [-0.15, -0.1) is 0 Å². The molecule has 0 saturated carbocycles. The second kappa shape index (κ2) is 8.31. The number of ether oxygens (including phenoxy) is 1. The van der Waals surface area contributed by atoms with E-state index in [2.05, 4.69) is 37.0 Å². The van der Waals surface area contributed by atoms with Gasteiger partial charge in [0.1, 0.15) is 0 Å². The predicted molar refractivity (Wildman–Crippen MR) is 101 cm³/mol. The van der Waals surface area contributed by atoms with Crippen molar-refractivity contribution in [2.45, 2.75) is 51.1 Å². The summed E-state index contributed by atoms with van der Waals surface area (Å²) >= 11 is 0. The third kappa shape index (κ3) is 4.44. The van der Waals surface area contributed by atoms with Gasteiger partial charge in [-0.1, -0.05) is 5.16 Å². The number of aryl methyl sites for hydroxylation is 1. The third-order valence-electron chi connectivity index (χ3n) is 5.53. The highest BCUT2D eigenvalue weighted by atomic mass is 16.5. The van der Waals surface area contributed by atoms with Crippen LogP contribution in [-0.4, -0.2) is 64.4 Å². The average Bonchev–Trinajstić information content (AvgIpc) is 3.17. The summed E-state index contributed by atoms with van der Waals surface area (Å²) in [4.78, 5) is 18.2. The second-order valence-electron chi connectivity index (χ2n) is 7.64. The molecule has 0 aliphatic carbocycles. The summed E-state index contributed by atoms with van der Waals surface area (Å²) in [5, 5.41) is 4.22. The first-order chi connectivity index (χ1) is 13.2. The number of hydrogen-bond acceptors (Lipinski definition) is 8. The zero-order valence-corrected chi connectivity index (χ0v) is 16.2. The molecule has 2 aliphatic rings. The summed E-state index contributed by atoms with van der Waals surface area (Å²) in [5.41, 5.74) is 1.08. The van der Waals surface area contributed by atoms with Gasteiger partial charge in [0.15, 0.2) is 5.82 Å². The topological polar surface area (TPSA) is 80.4 Å². The van der Waals surface area contributed by atoms with E-state index in [1.54, 1.807) is 0 Å². The highest BCUT2D eigenvalue weighted by molar-refractivity contribution is 5.30. The minimum absolute atomic E-state index is 0.346. The Morgan fingerprint density at radius 1 is 1.19 bits per heavy atom. The molecular weight excluding hydrogens is 344 g/mol. The first-order valence-corrected chi connectivity index (χ1v) is 9.83. The fourth-order valence-electron chi connectivity index (χ4n) is 3.86. The van der Waals surface area contributed by atoms with E-state index in [1.807, 2.05) is 19.3 Å². The number of piperidine rings is 1. The summed E-state index contributed by atoms with van der Waals surface area (Å²) in [6.45, 7) is 6.31. The van der Waals surface area contributed by atoms with E-state index >= 15 is 0 Å². The van der Waals surface area contributed by atoms with Crippen molar-refractivity contribution < 1.29 is 9.26 Å². The molecule has 8 nitrogen and oxygen atoms in total. The van der Waals surface area contributed by atoms with Gasteiger partial charge in [-0.2, -0.15) is 4.98 Å². The normalized spacial score (nSPS) is 22.1. The van der Waals surface area contributed by atoms with Crippen molar-refractivity contribution >= 4 is 5.95 Å². The lowest BCUT2D eigenvalue weighted by Crippen LogP contribution is -2.46. The molecule has 1 unspecified atom stereocenters. The van der Waals surface area contributed by atoms with Crippen LogP contribution in [0.3, 0.4) is 0 Å². The zero-order chi connectivity index (χ0) is 18.6. The zero-order valence-electron chi connectivity index (χ0n) is 16.2.